The van der Waals surface area contributed by atoms with Crippen LogP contribution in [-0.2, 0) is 11.3 Å². The maximum absolute atomic E-state index is 14.9. The minimum atomic E-state index is -1.30. The molecule has 2 aromatic carbocycles. The molecule has 4 rings (SSSR count). The molecule has 0 bridgehead atoms. The summed E-state index contributed by atoms with van der Waals surface area (Å²) in [4.78, 5) is 28.0. The van der Waals surface area contributed by atoms with Crippen LogP contribution in [0.15, 0.2) is 71.3 Å². The van der Waals surface area contributed by atoms with Crippen molar-refractivity contribution in [3.63, 3.8) is 0 Å². The van der Waals surface area contributed by atoms with E-state index in [-0.39, 0.29) is 29.5 Å². The molecule has 5 nitrogen and oxygen atoms in total. The monoisotopic (exact) mass is 438 g/mol. The van der Waals surface area contributed by atoms with E-state index in [0.717, 1.165) is 25.7 Å². The first kappa shape index (κ1) is 21.7. The first-order valence-electron chi connectivity index (χ1n) is 10.7. The van der Waals surface area contributed by atoms with E-state index >= 15 is 0 Å². The summed E-state index contributed by atoms with van der Waals surface area (Å²) in [6.45, 7) is -0.233. The molecule has 0 saturated heterocycles. The van der Waals surface area contributed by atoms with E-state index in [4.69, 9.17) is 4.42 Å². The van der Waals surface area contributed by atoms with E-state index < -0.39 is 29.5 Å². The van der Waals surface area contributed by atoms with Gasteiger partial charge < -0.3 is 14.6 Å². The van der Waals surface area contributed by atoms with Gasteiger partial charge in [-0.25, -0.2) is 8.78 Å². The van der Waals surface area contributed by atoms with Crippen molar-refractivity contribution < 1.29 is 22.8 Å². The number of halogens is 2. The molecule has 0 aliphatic heterocycles. The maximum atomic E-state index is 14.9. The van der Waals surface area contributed by atoms with Crippen molar-refractivity contribution in [2.45, 2.75) is 44.3 Å². The zero-order chi connectivity index (χ0) is 22.5. The fourth-order valence-electron chi connectivity index (χ4n) is 4.13. The third-order valence-electron chi connectivity index (χ3n) is 5.75. The summed E-state index contributed by atoms with van der Waals surface area (Å²) in [7, 11) is 0. The summed E-state index contributed by atoms with van der Waals surface area (Å²) in [6, 6.07) is 13.5. The van der Waals surface area contributed by atoms with Crippen LogP contribution in [0.1, 0.15) is 53.4 Å². The molecule has 0 radical (unpaired) electrons. The zero-order valence-electron chi connectivity index (χ0n) is 17.5. The van der Waals surface area contributed by atoms with Crippen molar-refractivity contribution >= 4 is 11.8 Å². The molecule has 0 spiro atoms. The van der Waals surface area contributed by atoms with Gasteiger partial charge in [0.25, 0.3) is 5.91 Å². The molecule has 1 N–H and O–H groups in total. The van der Waals surface area contributed by atoms with E-state index in [0.29, 0.717) is 0 Å². The molecule has 1 aliphatic rings. The van der Waals surface area contributed by atoms with Crippen LogP contribution in [0.2, 0.25) is 0 Å². The first-order chi connectivity index (χ1) is 15.5. The Bertz CT molecular complexity index is 1080. The van der Waals surface area contributed by atoms with E-state index in [2.05, 4.69) is 5.32 Å². The Morgan fingerprint density at radius 3 is 2.31 bits per heavy atom. The fraction of sp³-hybridized carbons (Fsp3) is 0.280. The van der Waals surface area contributed by atoms with Gasteiger partial charge in [0.2, 0.25) is 5.91 Å². The van der Waals surface area contributed by atoms with Gasteiger partial charge >= 0.3 is 0 Å². The van der Waals surface area contributed by atoms with E-state index in [1.165, 1.54) is 47.6 Å². The van der Waals surface area contributed by atoms with Crippen molar-refractivity contribution in [1.82, 2.24) is 10.2 Å². The lowest BCUT2D eigenvalue weighted by Crippen LogP contribution is -2.46. The van der Waals surface area contributed by atoms with Gasteiger partial charge in [0.15, 0.2) is 5.76 Å². The summed E-state index contributed by atoms with van der Waals surface area (Å²) in [6.07, 6.45) is 4.99. The topological polar surface area (TPSA) is 62.6 Å². The number of carbonyl (C=O) groups is 2. The smallest absolute Gasteiger partial charge is 0.290 e. The third-order valence-corrected chi connectivity index (χ3v) is 5.75. The average molecular weight is 438 g/mol. The Labute approximate surface area is 185 Å². The average Bonchev–Trinajstić information content (AvgIpc) is 3.50. The second-order valence-corrected chi connectivity index (χ2v) is 7.92. The highest BCUT2D eigenvalue weighted by molar-refractivity contribution is 5.96. The molecule has 166 valence electrons. The number of nitrogens with one attached hydrogen (secondary N) is 1. The van der Waals surface area contributed by atoms with Crippen LogP contribution in [-0.4, -0.2) is 22.8 Å². The van der Waals surface area contributed by atoms with Gasteiger partial charge in [-0.1, -0.05) is 49.2 Å². The molecule has 2 amide bonds. The molecule has 1 saturated carbocycles. The minimum Gasteiger partial charge on any atom is -0.459 e. The van der Waals surface area contributed by atoms with Crippen molar-refractivity contribution in [2.24, 2.45) is 0 Å². The number of rotatable bonds is 7. The van der Waals surface area contributed by atoms with E-state index in [9.17, 15) is 18.4 Å². The number of furan rings is 1. The Morgan fingerprint density at radius 1 is 0.969 bits per heavy atom. The minimum absolute atomic E-state index is 0.0173. The molecule has 1 heterocycles. The van der Waals surface area contributed by atoms with Crippen LogP contribution in [0.3, 0.4) is 0 Å². The van der Waals surface area contributed by atoms with Gasteiger partial charge in [-0.2, -0.15) is 0 Å². The Morgan fingerprint density at radius 2 is 1.66 bits per heavy atom. The fourth-order valence-corrected chi connectivity index (χ4v) is 4.13. The molecular weight excluding hydrogens is 414 g/mol. The maximum Gasteiger partial charge on any atom is 0.290 e. The largest absolute Gasteiger partial charge is 0.459 e. The molecule has 1 aromatic heterocycles. The predicted molar refractivity (Wildman–Crippen MR) is 115 cm³/mol. The van der Waals surface area contributed by atoms with Gasteiger partial charge in [-0.15, -0.1) is 0 Å². The molecule has 1 fully saturated rings. The lowest BCUT2D eigenvalue weighted by molar-refractivity contribution is -0.127. The summed E-state index contributed by atoms with van der Waals surface area (Å²) in [5.41, 5.74) is 0.252. The number of carbonyl (C=O) groups excluding carboxylic acids is 2. The lowest BCUT2D eigenvalue weighted by Gasteiger charge is -2.32. The second kappa shape index (κ2) is 9.77. The second-order valence-electron chi connectivity index (χ2n) is 7.92. The van der Waals surface area contributed by atoms with Crippen LogP contribution in [0.5, 0.6) is 0 Å². The van der Waals surface area contributed by atoms with E-state index in [1.54, 1.807) is 24.3 Å². The van der Waals surface area contributed by atoms with Crippen LogP contribution < -0.4 is 5.32 Å². The van der Waals surface area contributed by atoms with Crippen molar-refractivity contribution in [3.05, 3.63) is 95.4 Å². The highest BCUT2D eigenvalue weighted by Gasteiger charge is 2.36. The van der Waals surface area contributed by atoms with Gasteiger partial charge in [-0.05, 0) is 37.1 Å². The summed E-state index contributed by atoms with van der Waals surface area (Å²) in [5, 5.41) is 2.96. The predicted octanol–water partition coefficient (Wildman–Crippen LogP) is 5.00. The third kappa shape index (κ3) is 4.72. The molecule has 1 atom stereocenters. The molecule has 3 aromatic rings. The Balaban J connectivity index is 1.77. The summed E-state index contributed by atoms with van der Waals surface area (Å²) >= 11 is 0. The Hall–Kier alpha value is -3.48. The lowest BCUT2D eigenvalue weighted by atomic mass is 10.0. The standard InChI is InChI=1S/C25H24F2N2O3/c26-20-12-5-1-8-17(20)16-29(25(31)22-14-7-15-32-22)23(19-11-4-6-13-21(19)27)24(30)28-18-9-2-3-10-18/h1,4-8,11-15,18,23H,2-3,9-10,16H2,(H,28,30). The van der Waals surface area contributed by atoms with Crippen LogP contribution >= 0.6 is 0 Å². The SMILES string of the molecule is O=C(NC1CCCC1)C(c1ccccc1F)N(Cc1ccccc1F)C(=O)c1ccco1. The van der Waals surface area contributed by atoms with Crippen molar-refractivity contribution in [2.75, 3.05) is 0 Å². The summed E-state index contributed by atoms with van der Waals surface area (Å²) < 4.78 is 34.6. The quantitative estimate of drug-likeness (QED) is 0.565. The molecule has 1 unspecified atom stereocenters. The molecule has 1 aliphatic carbocycles. The molecular formula is C25H24F2N2O3. The number of amides is 2. The number of hydrogen-bond acceptors (Lipinski definition) is 3. The number of hydrogen-bond donors (Lipinski definition) is 1. The summed E-state index contributed by atoms with van der Waals surface area (Å²) in [5.74, 6) is -2.29. The zero-order valence-corrected chi connectivity index (χ0v) is 17.5. The van der Waals surface area contributed by atoms with Gasteiger partial charge in [-0.3, -0.25) is 9.59 Å². The van der Waals surface area contributed by atoms with Gasteiger partial charge in [0.05, 0.1) is 12.8 Å². The van der Waals surface area contributed by atoms with E-state index in [1.807, 2.05) is 0 Å². The highest BCUT2D eigenvalue weighted by atomic mass is 19.1. The van der Waals surface area contributed by atoms with Crippen LogP contribution in [0.4, 0.5) is 8.78 Å². The Kier molecular flexibility index (Phi) is 6.63. The number of benzene rings is 2. The van der Waals surface area contributed by atoms with Crippen LogP contribution in [0, 0.1) is 11.6 Å². The first-order valence-corrected chi connectivity index (χ1v) is 10.7. The van der Waals surface area contributed by atoms with Crippen LogP contribution in [0.25, 0.3) is 0 Å². The highest BCUT2D eigenvalue weighted by Crippen LogP contribution is 2.29. The van der Waals surface area contributed by atoms with Crippen molar-refractivity contribution in [3.8, 4) is 0 Å². The van der Waals surface area contributed by atoms with Gasteiger partial charge in [0, 0.05) is 17.2 Å². The van der Waals surface area contributed by atoms with Crippen molar-refractivity contribution in [1.29, 1.82) is 0 Å². The molecule has 7 heteroatoms. The number of nitrogens with zero attached hydrogens (tertiary/aromatic N) is 1. The normalized spacial score (nSPS) is 14.8. The molecule has 32 heavy (non-hydrogen) atoms. The van der Waals surface area contributed by atoms with Gasteiger partial charge in [0.1, 0.15) is 17.7 Å².